The molecule has 0 aliphatic carbocycles. The van der Waals surface area contributed by atoms with Crippen LogP contribution in [0.5, 0.6) is 0 Å². The van der Waals surface area contributed by atoms with Gasteiger partial charge in [0.15, 0.2) is 0 Å². The van der Waals surface area contributed by atoms with Crippen LogP contribution in [-0.2, 0) is 5.60 Å². The Kier molecular flexibility index (Phi) is 4.81. The van der Waals surface area contributed by atoms with Crippen LogP contribution in [0.1, 0.15) is 12.5 Å². The summed E-state index contributed by atoms with van der Waals surface area (Å²) in [7, 11) is -0.632. The van der Waals surface area contributed by atoms with E-state index in [9.17, 15) is 5.11 Å². The van der Waals surface area contributed by atoms with Gasteiger partial charge in [0.25, 0.3) is 0 Å². The van der Waals surface area contributed by atoms with Crippen molar-refractivity contribution in [3.63, 3.8) is 0 Å². The minimum absolute atomic E-state index is 0.632. The van der Waals surface area contributed by atoms with Gasteiger partial charge in [-0.1, -0.05) is 90.8 Å². The van der Waals surface area contributed by atoms with Crippen molar-refractivity contribution in [1.29, 1.82) is 0 Å². The van der Waals surface area contributed by atoms with Crippen molar-refractivity contribution in [2.45, 2.75) is 12.5 Å². The first-order valence-corrected chi connectivity index (χ1v) is 9.17. The van der Waals surface area contributed by atoms with Crippen LogP contribution in [0.15, 0.2) is 84.9 Å². The molecule has 0 saturated heterocycles. The normalized spacial score (nSPS) is 13.2. The van der Waals surface area contributed by atoms with Crippen LogP contribution in [0.2, 0.25) is 0 Å². The van der Waals surface area contributed by atoms with Crippen molar-refractivity contribution in [3.05, 3.63) is 90.5 Å². The van der Waals surface area contributed by atoms with E-state index in [2.05, 4.69) is 66.6 Å². The van der Waals surface area contributed by atoms with Crippen LogP contribution < -0.4 is 15.9 Å². The Morgan fingerprint density at radius 3 is 1.58 bits per heavy atom. The third-order valence-electron chi connectivity index (χ3n) is 4.00. The van der Waals surface area contributed by atoms with Gasteiger partial charge in [-0.2, -0.15) is 0 Å². The van der Waals surface area contributed by atoms with Crippen molar-refractivity contribution in [1.82, 2.24) is 0 Å². The van der Waals surface area contributed by atoms with Crippen molar-refractivity contribution >= 4 is 23.8 Å². The van der Waals surface area contributed by atoms with Gasteiger partial charge >= 0.3 is 0 Å². The lowest BCUT2D eigenvalue weighted by Crippen LogP contribution is -2.22. The number of hydrogen-bond acceptors (Lipinski definition) is 1. The topological polar surface area (TPSA) is 20.2 Å². The third-order valence-corrected chi connectivity index (χ3v) is 6.44. The van der Waals surface area contributed by atoms with Gasteiger partial charge in [0, 0.05) is 0 Å². The third kappa shape index (κ3) is 3.41. The van der Waals surface area contributed by atoms with E-state index in [1.807, 2.05) is 24.3 Å². The molecule has 0 spiro atoms. The van der Waals surface area contributed by atoms with Crippen LogP contribution in [-0.4, -0.2) is 5.11 Å². The molecular formula is C22H19OP. The molecule has 2 heteroatoms. The highest BCUT2D eigenvalue weighted by Crippen LogP contribution is 2.33. The SMILES string of the molecule is C#CC(C)(O)c1ccc(P(c2ccccc2)c2ccccc2)cc1. The molecular weight excluding hydrogens is 311 g/mol. The van der Waals surface area contributed by atoms with Crippen LogP contribution in [0.4, 0.5) is 0 Å². The van der Waals surface area contributed by atoms with Crippen LogP contribution in [0.25, 0.3) is 0 Å². The fourth-order valence-electron chi connectivity index (χ4n) is 2.62. The lowest BCUT2D eigenvalue weighted by Gasteiger charge is -2.21. The second kappa shape index (κ2) is 7.02. The fourth-order valence-corrected chi connectivity index (χ4v) is 4.90. The molecule has 0 aliphatic heterocycles. The molecule has 1 unspecified atom stereocenters. The zero-order chi connectivity index (χ0) is 17.0. The summed E-state index contributed by atoms with van der Waals surface area (Å²) < 4.78 is 0. The van der Waals surface area contributed by atoms with Gasteiger partial charge in [0.1, 0.15) is 5.60 Å². The Balaban J connectivity index is 2.06. The first kappa shape index (κ1) is 16.5. The molecule has 3 aromatic carbocycles. The monoisotopic (exact) mass is 330 g/mol. The largest absolute Gasteiger partial charge is 0.374 e. The molecule has 118 valence electrons. The summed E-state index contributed by atoms with van der Waals surface area (Å²) in [6, 6.07) is 29.1. The van der Waals surface area contributed by atoms with Gasteiger partial charge in [0.2, 0.25) is 0 Å². The first-order chi connectivity index (χ1) is 11.6. The standard InChI is InChI=1S/C22H19OP/c1-3-22(2,23)18-14-16-21(17-15-18)24(19-10-6-4-7-11-19)20-12-8-5-9-13-20/h1,4-17,23H,2H3. The predicted octanol–water partition coefficient (Wildman–Crippen LogP) is 3.29. The van der Waals surface area contributed by atoms with E-state index in [1.165, 1.54) is 15.9 Å². The average Bonchev–Trinajstić information content (AvgIpc) is 2.64. The molecule has 3 rings (SSSR count). The second-order valence-corrected chi connectivity index (χ2v) is 7.99. The van der Waals surface area contributed by atoms with Gasteiger partial charge in [-0.25, -0.2) is 0 Å². The Labute approximate surface area is 144 Å². The van der Waals surface area contributed by atoms with Gasteiger partial charge in [-0.05, 0) is 36.3 Å². The lowest BCUT2D eigenvalue weighted by atomic mass is 9.97. The summed E-state index contributed by atoms with van der Waals surface area (Å²) in [6.45, 7) is 1.64. The van der Waals surface area contributed by atoms with Crippen molar-refractivity contribution in [2.75, 3.05) is 0 Å². The molecule has 0 radical (unpaired) electrons. The van der Waals surface area contributed by atoms with E-state index in [0.717, 1.165) is 5.56 Å². The molecule has 1 N–H and O–H groups in total. The smallest absolute Gasteiger partial charge is 0.147 e. The zero-order valence-corrected chi connectivity index (χ0v) is 14.4. The zero-order valence-electron chi connectivity index (χ0n) is 13.6. The van der Waals surface area contributed by atoms with Crippen molar-refractivity contribution < 1.29 is 5.11 Å². The molecule has 0 saturated carbocycles. The van der Waals surface area contributed by atoms with Crippen molar-refractivity contribution in [3.8, 4) is 12.3 Å². The van der Waals surface area contributed by atoms with Gasteiger partial charge < -0.3 is 5.11 Å². The highest BCUT2D eigenvalue weighted by Gasteiger charge is 2.21. The highest BCUT2D eigenvalue weighted by atomic mass is 31.1. The molecule has 0 aromatic heterocycles. The van der Waals surface area contributed by atoms with E-state index in [4.69, 9.17) is 6.42 Å². The summed E-state index contributed by atoms with van der Waals surface area (Å²) in [5.41, 5.74) is -0.495. The molecule has 1 atom stereocenters. The number of hydrogen-bond donors (Lipinski definition) is 1. The Morgan fingerprint density at radius 2 is 1.17 bits per heavy atom. The lowest BCUT2D eigenvalue weighted by molar-refractivity contribution is 0.122. The summed E-state index contributed by atoms with van der Waals surface area (Å²) in [5, 5.41) is 14.1. The molecule has 0 fully saturated rings. The molecule has 0 bridgehead atoms. The van der Waals surface area contributed by atoms with Crippen molar-refractivity contribution in [2.24, 2.45) is 0 Å². The van der Waals surface area contributed by atoms with Crippen LogP contribution in [0, 0.1) is 12.3 Å². The Bertz CT molecular complexity index is 791. The minimum atomic E-state index is -1.24. The second-order valence-electron chi connectivity index (χ2n) is 5.77. The van der Waals surface area contributed by atoms with Gasteiger partial charge in [-0.15, -0.1) is 6.42 Å². The fraction of sp³-hybridized carbons (Fsp3) is 0.0909. The molecule has 1 nitrogen and oxygen atoms in total. The molecule has 0 heterocycles. The van der Waals surface area contributed by atoms with Gasteiger partial charge in [0.05, 0.1) is 0 Å². The average molecular weight is 330 g/mol. The molecule has 24 heavy (non-hydrogen) atoms. The number of benzene rings is 3. The maximum Gasteiger partial charge on any atom is 0.147 e. The molecule has 0 aliphatic rings. The summed E-state index contributed by atoms with van der Waals surface area (Å²) >= 11 is 0. The minimum Gasteiger partial charge on any atom is -0.374 e. The maximum atomic E-state index is 10.2. The maximum absolute atomic E-state index is 10.2. The van der Waals surface area contributed by atoms with Crippen LogP contribution in [0.3, 0.4) is 0 Å². The Hall–Kier alpha value is -2.39. The van der Waals surface area contributed by atoms with E-state index in [1.54, 1.807) is 6.92 Å². The van der Waals surface area contributed by atoms with Gasteiger partial charge in [-0.3, -0.25) is 0 Å². The molecule has 0 amide bonds. The Morgan fingerprint density at radius 1 is 0.750 bits per heavy atom. The summed E-state index contributed by atoms with van der Waals surface area (Å²) in [4.78, 5) is 0. The number of terminal acetylenes is 1. The van der Waals surface area contributed by atoms with E-state index in [0.29, 0.717) is 0 Å². The van der Waals surface area contributed by atoms with E-state index >= 15 is 0 Å². The van der Waals surface area contributed by atoms with E-state index < -0.39 is 13.5 Å². The summed E-state index contributed by atoms with van der Waals surface area (Å²) in [5.74, 6) is 2.43. The summed E-state index contributed by atoms with van der Waals surface area (Å²) in [6.07, 6.45) is 5.42. The number of rotatable bonds is 4. The highest BCUT2D eigenvalue weighted by molar-refractivity contribution is 7.79. The first-order valence-electron chi connectivity index (χ1n) is 7.83. The predicted molar refractivity (Wildman–Crippen MR) is 104 cm³/mol. The van der Waals surface area contributed by atoms with Crippen LogP contribution >= 0.6 is 7.92 Å². The van der Waals surface area contributed by atoms with E-state index in [-0.39, 0.29) is 0 Å². The molecule has 3 aromatic rings. The number of aliphatic hydroxyl groups is 1. The quantitative estimate of drug-likeness (QED) is 0.575.